The smallest absolute Gasteiger partial charge is 0.491 e. The number of hydrogen-bond donors (Lipinski definition) is 5. The third-order valence-electron chi connectivity index (χ3n) is 7.09. The minimum atomic E-state index is -4.80. The third-order valence-corrected chi connectivity index (χ3v) is 9.03. The van der Waals surface area contributed by atoms with Crippen molar-refractivity contribution in [3.63, 3.8) is 0 Å². The first kappa shape index (κ1) is 34.4. The van der Waals surface area contributed by atoms with E-state index < -0.39 is 35.2 Å². The lowest BCUT2D eigenvalue weighted by Gasteiger charge is -2.47. The van der Waals surface area contributed by atoms with Crippen LogP contribution < -0.4 is 24.4 Å². The van der Waals surface area contributed by atoms with Crippen LogP contribution in [-0.4, -0.2) is 63.6 Å². The van der Waals surface area contributed by atoms with Gasteiger partial charge in [-0.1, -0.05) is 42.5 Å². The van der Waals surface area contributed by atoms with Gasteiger partial charge in [-0.05, 0) is 68.5 Å². The molecule has 1 amide bonds. The minimum Gasteiger partial charge on any atom is -0.491 e. The van der Waals surface area contributed by atoms with E-state index in [0.29, 0.717) is 36.4 Å². The molecule has 45 heavy (non-hydrogen) atoms. The number of rotatable bonds is 13. The van der Waals surface area contributed by atoms with Gasteiger partial charge in [0, 0.05) is 31.3 Å². The van der Waals surface area contributed by atoms with Gasteiger partial charge >= 0.3 is 6.36 Å². The van der Waals surface area contributed by atoms with Crippen molar-refractivity contribution in [2.75, 3.05) is 23.1 Å². The average Bonchev–Trinajstić information content (AvgIpc) is 2.96. The van der Waals surface area contributed by atoms with Crippen molar-refractivity contribution < 1.29 is 41.7 Å². The number of carbonyl (C=O) groups is 1. The Morgan fingerprint density at radius 2 is 1.71 bits per heavy atom. The maximum Gasteiger partial charge on any atom is 0.573 e. The molecule has 3 aromatic rings. The summed E-state index contributed by atoms with van der Waals surface area (Å²) < 4.78 is 70.7. The lowest BCUT2D eigenvalue weighted by molar-refractivity contribution is -0.274. The lowest BCUT2D eigenvalue weighted by Crippen LogP contribution is -2.48. The highest BCUT2D eigenvalue weighted by atomic mass is 32.3. The molecule has 13 heteroatoms. The predicted octanol–water partition coefficient (Wildman–Crippen LogP) is 6.13. The lowest BCUT2D eigenvalue weighted by atomic mass is 10.00. The van der Waals surface area contributed by atoms with Crippen LogP contribution in [0.3, 0.4) is 0 Å². The molecular weight excluding hydrogens is 611 g/mol. The van der Waals surface area contributed by atoms with E-state index in [0.717, 1.165) is 12.0 Å². The van der Waals surface area contributed by atoms with Gasteiger partial charge in [-0.15, -0.1) is 23.9 Å². The van der Waals surface area contributed by atoms with Crippen LogP contribution >= 0.6 is 10.8 Å². The molecule has 246 valence electrons. The maximum atomic E-state index is 13.7. The number of aliphatic hydroxyl groups excluding tert-OH is 1. The first-order valence-corrected chi connectivity index (χ1v) is 16.4. The van der Waals surface area contributed by atoms with Crippen molar-refractivity contribution in [2.24, 2.45) is 0 Å². The zero-order valence-electron chi connectivity index (χ0n) is 25.2. The van der Waals surface area contributed by atoms with Crippen LogP contribution in [0.15, 0.2) is 72.8 Å². The van der Waals surface area contributed by atoms with Crippen LogP contribution in [-0.2, 0) is 13.0 Å². The van der Waals surface area contributed by atoms with Crippen LogP contribution in [0.1, 0.15) is 48.2 Å². The zero-order valence-corrected chi connectivity index (χ0v) is 26.0. The maximum absolute atomic E-state index is 13.7. The van der Waals surface area contributed by atoms with Gasteiger partial charge in [-0.3, -0.25) is 18.2 Å². The molecule has 1 aliphatic heterocycles. The molecule has 0 spiro atoms. The summed E-state index contributed by atoms with van der Waals surface area (Å²) in [6.07, 6.45) is -4.32. The largest absolute Gasteiger partial charge is 0.573 e. The quantitative estimate of drug-likeness (QED) is 0.150. The second-order valence-electron chi connectivity index (χ2n) is 11.2. The number of aliphatic hydroxyl groups is 1. The molecule has 0 aromatic heterocycles. The Hall–Kier alpha value is -3.49. The first-order valence-electron chi connectivity index (χ1n) is 14.7. The molecule has 2 atom stereocenters. The highest BCUT2D eigenvalue weighted by molar-refractivity contribution is 8.25. The molecule has 4 rings (SSSR count). The summed E-state index contributed by atoms with van der Waals surface area (Å²) in [6.45, 7) is 4.29. The first-order chi connectivity index (χ1) is 21.3. The number of ether oxygens (including phenoxy) is 2. The third kappa shape index (κ3) is 10.5. The number of anilines is 1. The summed E-state index contributed by atoms with van der Waals surface area (Å²) in [5.74, 6) is -0.199. The molecule has 2 unspecified atom stereocenters. The second-order valence-corrected chi connectivity index (χ2v) is 13.3. The average molecular weight is 652 g/mol. The Balaban J connectivity index is 1.51. The Labute approximate surface area is 262 Å². The molecule has 0 radical (unpaired) electrons. The minimum absolute atomic E-state index is 0.0264. The Bertz CT molecular complexity index is 1410. The fourth-order valence-corrected chi connectivity index (χ4v) is 6.74. The number of benzene rings is 3. The Morgan fingerprint density at radius 3 is 2.40 bits per heavy atom. The van der Waals surface area contributed by atoms with Crippen molar-refractivity contribution in [3.05, 3.63) is 89.5 Å². The summed E-state index contributed by atoms with van der Waals surface area (Å²) in [7, 11) is -3.05. The van der Waals surface area contributed by atoms with E-state index in [1.165, 1.54) is 22.5 Å². The van der Waals surface area contributed by atoms with Crippen LogP contribution in [0.4, 0.5) is 18.9 Å². The van der Waals surface area contributed by atoms with Gasteiger partial charge in [0.2, 0.25) is 0 Å². The van der Waals surface area contributed by atoms with Crippen molar-refractivity contribution in [1.29, 1.82) is 0 Å². The molecule has 0 bridgehead atoms. The van der Waals surface area contributed by atoms with E-state index in [1.54, 1.807) is 24.3 Å². The van der Waals surface area contributed by atoms with Gasteiger partial charge in [0.25, 0.3) is 5.91 Å². The summed E-state index contributed by atoms with van der Waals surface area (Å²) in [5.41, 5.74) is 2.07. The van der Waals surface area contributed by atoms with Gasteiger partial charge in [0.1, 0.15) is 11.5 Å². The van der Waals surface area contributed by atoms with E-state index in [1.807, 2.05) is 44.2 Å². The molecule has 9 nitrogen and oxygen atoms in total. The van der Waals surface area contributed by atoms with Gasteiger partial charge in [-0.2, -0.15) is 0 Å². The fourth-order valence-electron chi connectivity index (χ4n) is 5.07. The topological polar surface area (TPSA) is 124 Å². The van der Waals surface area contributed by atoms with Crippen molar-refractivity contribution in [1.82, 2.24) is 10.6 Å². The number of amides is 1. The van der Waals surface area contributed by atoms with E-state index in [9.17, 15) is 32.2 Å². The molecule has 1 fully saturated rings. The number of nitrogens with one attached hydrogen (secondary N) is 2. The zero-order chi connectivity index (χ0) is 32.6. The number of halogens is 3. The highest BCUT2D eigenvalue weighted by Gasteiger charge is 2.31. The van der Waals surface area contributed by atoms with Gasteiger partial charge in [-0.25, -0.2) is 0 Å². The van der Waals surface area contributed by atoms with Crippen LogP contribution in [0.25, 0.3) is 0 Å². The highest BCUT2D eigenvalue weighted by Crippen LogP contribution is 2.50. The van der Waals surface area contributed by atoms with E-state index >= 15 is 0 Å². The SMILES string of the molecule is CC(C)Oc1cc(C(=O)NC(Cc2ccccc2)C(O)CNCc2cccc(OC(F)(F)F)c2)cc(N2CCCCS2(O)O)c1. The summed E-state index contributed by atoms with van der Waals surface area (Å²) in [6, 6.07) is 19.0. The van der Waals surface area contributed by atoms with Crippen LogP contribution in [0, 0.1) is 0 Å². The Morgan fingerprint density at radius 1 is 0.978 bits per heavy atom. The Kier molecular flexibility index (Phi) is 11.6. The second kappa shape index (κ2) is 15.2. The van der Waals surface area contributed by atoms with Crippen LogP contribution in [0.2, 0.25) is 0 Å². The number of hydrogen-bond acceptors (Lipinski definition) is 8. The van der Waals surface area contributed by atoms with Gasteiger partial charge < -0.3 is 25.2 Å². The van der Waals surface area contributed by atoms with Crippen LogP contribution in [0.5, 0.6) is 11.5 Å². The van der Waals surface area contributed by atoms with Crippen molar-refractivity contribution in [3.8, 4) is 11.5 Å². The van der Waals surface area contributed by atoms with Gasteiger partial charge in [0.05, 0.1) is 29.7 Å². The molecule has 1 saturated heterocycles. The number of carbonyl (C=O) groups excluding carboxylic acids is 1. The fraction of sp³-hybridized carbons (Fsp3) is 0.406. The number of nitrogens with zero attached hydrogens (tertiary/aromatic N) is 1. The van der Waals surface area contributed by atoms with Crippen molar-refractivity contribution in [2.45, 2.75) is 64.3 Å². The van der Waals surface area contributed by atoms with E-state index in [-0.39, 0.29) is 36.3 Å². The number of alkyl halides is 3. The van der Waals surface area contributed by atoms with E-state index in [4.69, 9.17) is 4.74 Å². The summed E-state index contributed by atoms with van der Waals surface area (Å²) >= 11 is 0. The molecule has 0 aliphatic carbocycles. The molecule has 5 N–H and O–H groups in total. The summed E-state index contributed by atoms with van der Waals surface area (Å²) in [5, 5.41) is 17.2. The molecule has 1 heterocycles. The predicted molar refractivity (Wildman–Crippen MR) is 169 cm³/mol. The monoisotopic (exact) mass is 651 g/mol. The molecule has 1 aliphatic rings. The van der Waals surface area contributed by atoms with Crippen molar-refractivity contribution >= 4 is 22.4 Å². The van der Waals surface area contributed by atoms with Gasteiger partial charge in [0.15, 0.2) is 0 Å². The standard InChI is InChI=1S/C32H40F3N3O6S/c1-22(2)43-28-18-25(17-26(19-28)38-13-6-7-14-45(38,41)42)31(40)37-29(16-23-9-4-3-5-10-23)30(39)21-36-20-24-11-8-12-27(15-24)44-32(33,34)35/h3-5,8-12,15,17-19,22,29-30,36,39,41-42H,6-7,13-14,16,20-21H2,1-2H3,(H,37,40). The summed E-state index contributed by atoms with van der Waals surface area (Å²) in [4.78, 5) is 13.7. The molecule has 3 aromatic carbocycles. The molecular formula is C32H40F3N3O6S. The van der Waals surface area contributed by atoms with E-state index in [2.05, 4.69) is 15.4 Å². The molecule has 0 saturated carbocycles. The normalized spacial score (nSPS) is 17.0.